The van der Waals surface area contributed by atoms with Crippen molar-refractivity contribution in [3.05, 3.63) is 41.2 Å². The van der Waals surface area contributed by atoms with E-state index in [1.165, 1.54) is 0 Å². The Morgan fingerprint density at radius 1 is 1.16 bits per heavy atom. The molecule has 0 aromatic carbocycles. The van der Waals surface area contributed by atoms with E-state index in [4.69, 9.17) is 19.4 Å². The van der Waals surface area contributed by atoms with E-state index in [9.17, 15) is 4.39 Å². The van der Waals surface area contributed by atoms with Crippen LogP contribution >= 0.6 is 0 Å². The molecule has 4 rings (SSSR count). The number of halogens is 1. The first kappa shape index (κ1) is 22.7. The average Bonchev–Trinajstić information content (AvgIpc) is 3.29. The maximum Gasteiger partial charge on any atom is 0.222 e. The second-order valence-corrected chi connectivity index (χ2v) is 9.08. The zero-order valence-electron chi connectivity index (χ0n) is 19.9. The summed E-state index contributed by atoms with van der Waals surface area (Å²) in [7, 11) is 3.73. The molecule has 3 aromatic rings. The maximum absolute atomic E-state index is 12.7. The first-order chi connectivity index (χ1) is 15.3. The van der Waals surface area contributed by atoms with Gasteiger partial charge in [-0.05, 0) is 56.1 Å². The molecular formula is C25H33FN4O2. The second kappa shape index (κ2) is 9.16. The van der Waals surface area contributed by atoms with Crippen molar-refractivity contribution in [2.75, 3.05) is 40.5 Å². The lowest BCUT2D eigenvalue weighted by Gasteiger charge is -2.21. The highest BCUT2D eigenvalue weighted by Crippen LogP contribution is 2.36. The molecular weight excluding hydrogens is 407 g/mol. The number of fused-ring (bicyclic) bond motifs is 1. The van der Waals surface area contributed by atoms with E-state index in [0.717, 1.165) is 52.2 Å². The molecule has 32 heavy (non-hydrogen) atoms. The third-order valence-corrected chi connectivity index (χ3v) is 6.29. The van der Waals surface area contributed by atoms with E-state index in [-0.39, 0.29) is 18.8 Å². The Hall–Kier alpha value is -2.51. The minimum atomic E-state index is -0.464. The molecule has 0 bridgehead atoms. The van der Waals surface area contributed by atoms with E-state index in [1.54, 1.807) is 7.11 Å². The lowest BCUT2D eigenvalue weighted by Crippen LogP contribution is -2.26. The predicted octanol–water partition coefficient (Wildman–Crippen LogP) is 4.69. The van der Waals surface area contributed by atoms with E-state index >= 15 is 0 Å². The lowest BCUT2D eigenvalue weighted by atomic mass is 10.0. The molecule has 0 spiro atoms. The number of methoxy groups -OCH3 is 1. The number of hydrogen-bond acceptors (Lipinski definition) is 5. The number of ether oxygens (including phenoxy) is 2. The predicted molar refractivity (Wildman–Crippen MR) is 125 cm³/mol. The molecule has 172 valence electrons. The summed E-state index contributed by atoms with van der Waals surface area (Å²) in [4.78, 5) is 12.0. The van der Waals surface area contributed by atoms with E-state index < -0.39 is 6.67 Å². The van der Waals surface area contributed by atoms with Gasteiger partial charge in [0.1, 0.15) is 6.67 Å². The number of pyridine rings is 2. The Balaban J connectivity index is 1.79. The lowest BCUT2D eigenvalue weighted by molar-refractivity contribution is 0.0311. The fraction of sp³-hybridized carbons (Fsp3) is 0.520. The zero-order valence-corrected chi connectivity index (χ0v) is 19.9. The van der Waals surface area contributed by atoms with Crippen LogP contribution in [0, 0.1) is 13.8 Å². The normalized spacial score (nSPS) is 19.4. The highest BCUT2D eigenvalue weighted by atomic mass is 19.1. The van der Waals surface area contributed by atoms with Gasteiger partial charge in [-0.15, -0.1) is 0 Å². The van der Waals surface area contributed by atoms with Crippen LogP contribution in [0.4, 0.5) is 4.39 Å². The standard InChI is InChI=1S/C25H33FN4O2/c1-15(2)19-8-7-18(25(27-19)31-6)23-16(3)11-20-24(28-23)17(4)12-30(20)21-13-29(5)14-22(21)32-10-9-26/h7-8,11-12,15,21-22H,9-10,13-14H2,1-6H3. The van der Waals surface area contributed by atoms with Crippen molar-refractivity contribution < 1.29 is 13.9 Å². The van der Waals surface area contributed by atoms with E-state index in [2.05, 4.69) is 62.5 Å². The number of aryl methyl sites for hydroxylation is 2. The van der Waals surface area contributed by atoms with Crippen LogP contribution in [0.3, 0.4) is 0 Å². The summed E-state index contributed by atoms with van der Waals surface area (Å²) in [5, 5.41) is 0. The molecule has 0 radical (unpaired) electrons. The van der Waals surface area contributed by atoms with E-state index in [0.29, 0.717) is 11.8 Å². The van der Waals surface area contributed by atoms with E-state index in [1.807, 2.05) is 6.07 Å². The van der Waals surface area contributed by atoms with Gasteiger partial charge in [0.15, 0.2) is 0 Å². The molecule has 2 atom stereocenters. The Labute approximate surface area is 189 Å². The zero-order chi connectivity index (χ0) is 23.0. The molecule has 7 heteroatoms. The third-order valence-electron chi connectivity index (χ3n) is 6.29. The summed E-state index contributed by atoms with van der Waals surface area (Å²) in [6.07, 6.45) is 2.10. The summed E-state index contributed by atoms with van der Waals surface area (Å²) < 4.78 is 26.5. The number of likely N-dealkylation sites (N-methyl/N-ethyl adjacent to an activating group) is 1. The van der Waals surface area contributed by atoms with Gasteiger partial charge in [0.25, 0.3) is 0 Å². The highest BCUT2D eigenvalue weighted by Gasteiger charge is 2.34. The van der Waals surface area contributed by atoms with Crippen molar-refractivity contribution in [3.63, 3.8) is 0 Å². The molecule has 2 unspecified atom stereocenters. The van der Waals surface area contributed by atoms with Crippen LogP contribution < -0.4 is 4.74 Å². The summed E-state index contributed by atoms with van der Waals surface area (Å²) in [5.74, 6) is 0.920. The minimum Gasteiger partial charge on any atom is -0.480 e. The molecule has 0 amide bonds. The fourth-order valence-corrected chi connectivity index (χ4v) is 4.65. The number of alkyl halides is 1. The Morgan fingerprint density at radius 2 is 1.94 bits per heavy atom. The fourth-order valence-electron chi connectivity index (χ4n) is 4.65. The van der Waals surface area contributed by atoms with Crippen molar-refractivity contribution in [2.24, 2.45) is 0 Å². The van der Waals surface area contributed by atoms with Gasteiger partial charge in [0.2, 0.25) is 5.88 Å². The summed E-state index contributed by atoms with van der Waals surface area (Å²) in [6, 6.07) is 6.41. The number of nitrogens with zero attached hydrogens (tertiary/aromatic N) is 4. The van der Waals surface area contributed by atoms with Gasteiger partial charge in [-0.25, -0.2) is 14.4 Å². The largest absolute Gasteiger partial charge is 0.480 e. The van der Waals surface area contributed by atoms with Gasteiger partial charge in [-0.2, -0.15) is 0 Å². The topological polar surface area (TPSA) is 52.4 Å². The number of rotatable bonds is 7. The number of likely N-dealkylation sites (tertiary alicyclic amines) is 1. The van der Waals surface area contributed by atoms with Crippen LogP contribution in [-0.2, 0) is 4.74 Å². The van der Waals surface area contributed by atoms with Gasteiger partial charge in [-0.3, -0.25) is 0 Å². The molecule has 6 nitrogen and oxygen atoms in total. The third kappa shape index (κ3) is 4.11. The van der Waals surface area contributed by atoms with Crippen LogP contribution in [-0.4, -0.2) is 66.1 Å². The molecule has 0 saturated carbocycles. The first-order valence-corrected chi connectivity index (χ1v) is 11.2. The molecule has 0 N–H and O–H groups in total. The van der Waals surface area contributed by atoms with Crippen molar-refractivity contribution in [1.82, 2.24) is 19.4 Å². The molecule has 0 aliphatic carbocycles. The van der Waals surface area contributed by atoms with Crippen molar-refractivity contribution in [2.45, 2.75) is 45.8 Å². The van der Waals surface area contributed by atoms with Crippen molar-refractivity contribution in [1.29, 1.82) is 0 Å². The quantitative estimate of drug-likeness (QED) is 0.534. The molecule has 1 saturated heterocycles. The molecule has 1 aliphatic rings. The van der Waals surface area contributed by atoms with Gasteiger partial charge in [0.05, 0.1) is 48.2 Å². The molecule has 1 aliphatic heterocycles. The number of aromatic nitrogens is 3. The van der Waals surface area contributed by atoms with Crippen LogP contribution in [0.25, 0.3) is 22.3 Å². The highest BCUT2D eigenvalue weighted by molar-refractivity contribution is 5.85. The average molecular weight is 441 g/mol. The van der Waals surface area contributed by atoms with Crippen LogP contribution in [0.2, 0.25) is 0 Å². The Bertz CT molecular complexity index is 1110. The maximum atomic E-state index is 12.7. The molecule has 3 aromatic heterocycles. The Morgan fingerprint density at radius 3 is 2.62 bits per heavy atom. The van der Waals surface area contributed by atoms with Crippen LogP contribution in [0.5, 0.6) is 5.88 Å². The van der Waals surface area contributed by atoms with Gasteiger partial charge >= 0.3 is 0 Å². The monoisotopic (exact) mass is 440 g/mol. The van der Waals surface area contributed by atoms with Gasteiger partial charge in [0, 0.05) is 25.0 Å². The van der Waals surface area contributed by atoms with Crippen molar-refractivity contribution in [3.8, 4) is 17.1 Å². The van der Waals surface area contributed by atoms with Crippen molar-refractivity contribution >= 4 is 11.0 Å². The van der Waals surface area contributed by atoms with Crippen LogP contribution in [0.15, 0.2) is 24.4 Å². The Kier molecular flexibility index (Phi) is 6.49. The summed E-state index contributed by atoms with van der Waals surface area (Å²) in [5.41, 5.74) is 6.96. The number of hydrogen-bond donors (Lipinski definition) is 0. The smallest absolute Gasteiger partial charge is 0.222 e. The molecule has 4 heterocycles. The SMILES string of the molecule is COc1nc(C(C)C)ccc1-c1nc2c(C)cn(C3CN(C)CC3OCCF)c2cc1C. The van der Waals surface area contributed by atoms with Crippen LogP contribution in [0.1, 0.15) is 42.6 Å². The molecule has 1 fully saturated rings. The summed E-state index contributed by atoms with van der Waals surface area (Å²) in [6.45, 7) is 9.71. The second-order valence-electron chi connectivity index (χ2n) is 9.08. The van der Waals surface area contributed by atoms with Gasteiger partial charge in [-0.1, -0.05) is 13.8 Å². The first-order valence-electron chi connectivity index (χ1n) is 11.2. The minimum absolute atomic E-state index is 0.0430. The van der Waals surface area contributed by atoms with Gasteiger partial charge < -0.3 is 18.9 Å². The summed E-state index contributed by atoms with van der Waals surface area (Å²) >= 11 is 0.